The molecule has 0 saturated heterocycles. The van der Waals surface area contributed by atoms with Gasteiger partial charge in [-0.05, 0) is 12.8 Å². The number of alkyl halides is 3. The first-order valence-corrected chi connectivity index (χ1v) is 3.13. The summed E-state index contributed by atoms with van der Waals surface area (Å²) in [5.74, 6) is -1.33. The molecule has 0 bridgehead atoms. The molecule has 61 valence electrons. The topological polar surface area (TPSA) is 19.9 Å². The Balaban J connectivity index is 3.52. The predicted octanol–water partition coefficient (Wildman–Crippen LogP) is 2.40. The van der Waals surface area contributed by atoms with Crippen molar-refractivity contribution >= 4 is 0 Å². The van der Waals surface area contributed by atoms with E-state index in [1.165, 1.54) is 0 Å². The maximum Gasteiger partial charge on any atom is 0.391 e. The van der Waals surface area contributed by atoms with Crippen molar-refractivity contribution in [1.29, 1.82) is 0 Å². The summed E-state index contributed by atoms with van der Waals surface area (Å²) in [5.41, 5.74) is 0. The van der Waals surface area contributed by atoms with Gasteiger partial charge in [0.25, 0.3) is 0 Å². The molecule has 0 aliphatic rings. The van der Waals surface area contributed by atoms with Gasteiger partial charge in [0.15, 0.2) is 0 Å². The molecule has 0 amide bonds. The van der Waals surface area contributed by atoms with E-state index < -0.39 is 18.7 Å². The molecule has 0 aromatic heterocycles. The maximum atomic E-state index is 11.7. The monoisotopic (exact) mass is 155 g/mol. The molecule has 1 atom stereocenters. The molecule has 1 radical (unpaired) electrons. The standard InChI is InChI=1S/C6H10F3O/c1-5(3-2-4-10)6(7,8)9/h5H,2-4H2,1H3. The van der Waals surface area contributed by atoms with Gasteiger partial charge in [0, 0.05) is 0 Å². The molecule has 10 heavy (non-hydrogen) atoms. The van der Waals surface area contributed by atoms with Gasteiger partial charge >= 0.3 is 6.18 Å². The minimum atomic E-state index is -4.13. The van der Waals surface area contributed by atoms with Crippen LogP contribution in [0, 0.1) is 5.92 Å². The average molecular weight is 155 g/mol. The van der Waals surface area contributed by atoms with Gasteiger partial charge in [0.1, 0.15) is 0 Å². The summed E-state index contributed by atoms with van der Waals surface area (Å²) in [6.07, 6.45) is -4.07. The molecule has 0 aromatic rings. The minimum absolute atomic E-state index is 0.0486. The van der Waals surface area contributed by atoms with Crippen LogP contribution in [-0.2, 0) is 5.11 Å². The number of rotatable bonds is 3. The van der Waals surface area contributed by atoms with Crippen LogP contribution in [0.2, 0.25) is 0 Å². The number of hydrogen-bond donors (Lipinski definition) is 0. The van der Waals surface area contributed by atoms with Crippen LogP contribution < -0.4 is 0 Å². The van der Waals surface area contributed by atoms with E-state index in [1.807, 2.05) is 0 Å². The molecular formula is C6H10F3O. The largest absolute Gasteiger partial charge is 0.391 e. The normalized spacial score (nSPS) is 15.3. The molecule has 4 heteroatoms. The second-order valence-electron chi connectivity index (χ2n) is 2.29. The first-order chi connectivity index (χ1) is 4.48. The van der Waals surface area contributed by atoms with Crippen LogP contribution in [0.15, 0.2) is 0 Å². The number of halogens is 3. The van der Waals surface area contributed by atoms with E-state index >= 15 is 0 Å². The molecule has 0 aromatic carbocycles. The lowest BCUT2D eigenvalue weighted by molar-refractivity contribution is -0.171. The average Bonchev–Trinajstić information content (AvgIpc) is 1.80. The van der Waals surface area contributed by atoms with Crippen molar-refractivity contribution in [1.82, 2.24) is 0 Å². The Bertz CT molecular complexity index is 89.5. The molecule has 0 fully saturated rings. The fourth-order valence-corrected chi connectivity index (χ4v) is 0.553. The second kappa shape index (κ2) is 3.81. The van der Waals surface area contributed by atoms with E-state index in [9.17, 15) is 18.3 Å². The van der Waals surface area contributed by atoms with Gasteiger partial charge in [-0.3, -0.25) is 0 Å². The molecule has 0 aliphatic heterocycles. The second-order valence-corrected chi connectivity index (χ2v) is 2.29. The Morgan fingerprint density at radius 1 is 1.40 bits per heavy atom. The van der Waals surface area contributed by atoms with Crippen molar-refractivity contribution in [2.24, 2.45) is 5.92 Å². The summed E-state index contributed by atoms with van der Waals surface area (Å²) in [4.78, 5) is 0. The highest BCUT2D eigenvalue weighted by atomic mass is 19.4. The lowest BCUT2D eigenvalue weighted by atomic mass is 10.1. The maximum absolute atomic E-state index is 11.7. The summed E-state index contributed by atoms with van der Waals surface area (Å²) >= 11 is 0. The van der Waals surface area contributed by atoms with E-state index in [2.05, 4.69) is 0 Å². The summed E-state index contributed by atoms with van der Waals surface area (Å²) in [7, 11) is 0. The highest BCUT2D eigenvalue weighted by Gasteiger charge is 2.34. The summed E-state index contributed by atoms with van der Waals surface area (Å²) in [6, 6.07) is 0. The van der Waals surface area contributed by atoms with E-state index in [4.69, 9.17) is 0 Å². The Morgan fingerprint density at radius 3 is 2.20 bits per heavy atom. The van der Waals surface area contributed by atoms with Gasteiger partial charge in [0.2, 0.25) is 0 Å². The van der Waals surface area contributed by atoms with Crippen LogP contribution in [-0.4, -0.2) is 12.8 Å². The highest BCUT2D eigenvalue weighted by molar-refractivity contribution is 4.61. The van der Waals surface area contributed by atoms with E-state index in [0.29, 0.717) is 0 Å². The summed E-state index contributed by atoms with van der Waals surface area (Å²) in [5, 5.41) is 9.79. The molecule has 0 saturated carbocycles. The Hall–Kier alpha value is -0.250. The van der Waals surface area contributed by atoms with Crippen molar-refractivity contribution in [3.05, 3.63) is 0 Å². The first-order valence-electron chi connectivity index (χ1n) is 3.13. The molecule has 0 aliphatic carbocycles. The highest BCUT2D eigenvalue weighted by Crippen LogP contribution is 2.28. The Morgan fingerprint density at radius 2 is 1.90 bits per heavy atom. The first kappa shape index (κ1) is 9.75. The van der Waals surface area contributed by atoms with Gasteiger partial charge in [-0.1, -0.05) is 6.92 Å². The molecule has 0 heterocycles. The third kappa shape index (κ3) is 3.71. The van der Waals surface area contributed by atoms with Gasteiger partial charge in [-0.25, -0.2) is 5.11 Å². The molecule has 0 N–H and O–H groups in total. The van der Waals surface area contributed by atoms with Crippen LogP contribution >= 0.6 is 0 Å². The van der Waals surface area contributed by atoms with Gasteiger partial charge in [-0.15, -0.1) is 0 Å². The quantitative estimate of drug-likeness (QED) is 0.596. The lowest BCUT2D eigenvalue weighted by Crippen LogP contribution is -2.19. The fourth-order valence-electron chi connectivity index (χ4n) is 0.553. The third-order valence-corrected chi connectivity index (χ3v) is 1.34. The van der Waals surface area contributed by atoms with E-state index in [0.717, 1.165) is 6.92 Å². The van der Waals surface area contributed by atoms with Crippen molar-refractivity contribution in [3.63, 3.8) is 0 Å². The molecule has 0 rings (SSSR count). The summed E-state index contributed by atoms with van der Waals surface area (Å²) in [6.45, 7) is 0.677. The third-order valence-electron chi connectivity index (χ3n) is 1.34. The van der Waals surface area contributed by atoms with Gasteiger partial charge < -0.3 is 0 Å². The van der Waals surface area contributed by atoms with Crippen molar-refractivity contribution < 1.29 is 18.3 Å². The Labute approximate surface area is 57.9 Å². The Kier molecular flexibility index (Phi) is 3.71. The van der Waals surface area contributed by atoms with Crippen molar-refractivity contribution in [2.75, 3.05) is 6.61 Å². The van der Waals surface area contributed by atoms with Crippen LogP contribution in [0.5, 0.6) is 0 Å². The minimum Gasteiger partial charge on any atom is -0.237 e. The van der Waals surface area contributed by atoms with Crippen LogP contribution in [0.3, 0.4) is 0 Å². The predicted molar refractivity (Wildman–Crippen MR) is 30.0 cm³/mol. The van der Waals surface area contributed by atoms with Gasteiger partial charge in [0.05, 0.1) is 12.5 Å². The van der Waals surface area contributed by atoms with E-state index in [-0.39, 0.29) is 12.8 Å². The SMILES string of the molecule is CC(CCC[O])C(F)(F)F. The zero-order valence-electron chi connectivity index (χ0n) is 5.74. The zero-order chi connectivity index (χ0) is 8.20. The van der Waals surface area contributed by atoms with Crippen LogP contribution in [0.1, 0.15) is 19.8 Å². The van der Waals surface area contributed by atoms with Crippen molar-refractivity contribution in [3.8, 4) is 0 Å². The van der Waals surface area contributed by atoms with Gasteiger partial charge in [-0.2, -0.15) is 13.2 Å². The molecule has 1 nitrogen and oxygen atoms in total. The number of hydrogen-bond acceptors (Lipinski definition) is 0. The zero-order valence-corrected chi connectivity index (χ0v) is 5.74. The van der Waals surface area contributed by atoms with Crippen LogP contribution in [0.25, 0.3) is 0 Å². The fraction of sp³-hybridized carbons (Fsp3) is 1.00. The molecular weight excluding hydrogens is 145 g/mol. The van der Waals surface area contributed by atoms with E-state index in [1.54, 1.807) is 0 Å². The van der Waals surface area contributed by atoms with Crippen LogP contribution in [0.4, 0.5) is 13.2 Å². The molecule has 0 spiro atoms. The van der Waals surface area contributed by atoms with Crippen molar-refractivity contribution in [2.45, 2.75) is 25.9 Å². The summed E-state index contributed by atoms with van der Waals surface area (Å²) < 4.78 is 35.0. The lowest BCUT2D eigenvalue weighted by Gasteiger charge is -2.13. The molecule has 1 unspecified atom stereocenters. The smallest absolute Gasteiger partial charge is 0.237 e.